The SMILES string of the molecule is Cc1c(C(C)N[C@H](C)c2cccnc2)oc2ccccc12. The van der Waals surface area contributed by atoms with Crippen LogP contribution < -0.4 is 5.32 Å². The molecule has 0 saturated carbocycles. The second-order valence-corrected chi connectivity index (χ2v) is 5.48. The largest absolute Gasteiger partial charge is 0.459 e. The van der Waals surface area contributed by atoms with Crippen LogP contribution in [-0.4, -0.2) is 4.98 Å². The summed E-state index contributed by atoms with van der Waals surface area (Å²) >= 11 is 0. The fraction of sp³-hybridized carbons (Fsp3) is 0.278. The highest BCUT2D eigenvalue weighted by molar-refractivity contribution is 5.82. The van der Waals surface area contributed by atoms with Crippen molar-refractivity contribution in [1.29, 1.82) is 0 Å². The van der Waals surface area contributed by atoms with E-state index in [0.717, 1.165) is 11.3 Å². The van der Waals surface area contributed by atoms with Gasteiger partial charge in [0.05, 0.1) is 6.04 Å². The van der Waals surface area contributed by atoms with Crippen molar-refractivity contribution in [2.24, 2.45) is 0 Å². The Hall–Kier alpha value is -2.13. The van der Waals surface area contributed by atoms with Gasteiger partial charge in [0.2, 0.25) is 0 Å². The van der Waals surface area contributed by atoms with E-state index >= 15 is 0 Å². The molecule has 0 fully saturated rings. The van der Waals surface area contributed by atoms with Crippen LogP contribution in [0.25, 0.3) is 11.0 Å². The van der Waals surface area contributed by atoms with Gasteiger partial charge < -0.3 is 9.73 Å². The lowest BCUT2D eigenvalue weighted by Crippen LogP contribution is -2.22. The van der Waals surface area contributed by atoms with Crippen LogP contribution in [0.4, 0.5) is 0 Å². The van der Waals surface area contributed by atoms with E-state index in [0.29, 0.717) is 0 Å². The Morgan fingerprint density at radius 1 is 1.05 bits per heavy atom. The second-order valence-electron chi connectivity index (χ2n) is 5.48. The summed E-state index contributed by atoms with van der Waals surface area (Å²) in [5, 5.41) is 4.77. The van der Waals surface area contributed by atoms with Crippen LogP contribution in [-0.2, 0) is 0 Å². The maximum atomic E-state index is 6.02. The molecule has 3 nitrogen and oxygen atoms in total. The molecule has 2 atom stereocenters. The molecule has 0 aliphatic rings. The monoisotopic (exact) mass is 280 g/mol. The van der Waals surface area contributed by atoms with Gasteiger partial charge in [-0.3, -0.25) is 4.98 Å². The molecular weight excluding hydrogens is 260 g/mol. The van der Waals surface area contributed by atoms with Gasteiger partial charge in [0.25, 0.3) is 0 Å². The molecule has 0 amide bonds. The molecule has 0 spiro atoms. The highest BCUT2D eigenvalue weighted by Gasteiger charge is 2.18. The zero-order chi connectivity index (χ0) is 14.8. The van der Waals surface area contributed by atoms with Gasteiger partial charge in [-0.05, 0) is 44.0 Å². The Morgan fingerprint density at radius 3 is 2.57 bits per heavy atom. The van der Waals surface area contributed by atoms with Gasteiger partial charge in [-0.1, -0.05) is 24.3 Å². The van der Waals surface area contributed by atoms with Crippen LogP contribution >= 0.6 is 0 Å². The van der Waals surface area contributed by atoms with Gasteiger partial charge in [0.1, 0.15) is 11.3 Å². The van der Waals surface area contributed by atoms with Crippen LogP contribution in [0, 0.1) is 6.92 Å². The Morgan fingerprint density at radius 2 is 1.86 bits per heavy atom. The average molecular weight is 280 g/mol. The Bertz CT molecular complexity index is 733. The van der Waals surface area contributed by atoms with Gasteiger partial charge >= 0.3 is 0 Å². The molecule has 0 bridgehead atoms. The molecule has 0 radical (unpaired) electrons. The number of hydrogen-bond donors (Lipinski definition) is 1. The molecule has 108 valence electrons. The Balaban J connectivity index is 1.84. The predicted octanol–water partition coefficient (Wildman–Crippen LogP) is 4.55. The van der Waals surface area contributed by atoms with E-state index in [1.165, 1.54) is 16.5 Å². The lowest BCUT2D eigenvalue weighted by Gasteiger charge is -2.19. The number of furan rings is 1. The number of fused-ring (bicyclic) bond motifs is 1. The van der Waals surface area contributed by atoms with Crippen molar-refractivity contribution in [3.05, 3.63) is 65.7 Å². The smallest absolute Gasteiger partial charge is 0.134 e. The normalized spacial score (nSPS) is 14.2. The maximum Gasteiger partial charge on any atom is 0.134 e. The van der Waals surface area contributed by atoms with Crippen molar-refractivity contribution in [3.8, 4) is 0 Å². The molecule has 21 heavy (non-hydrogen) atoms. The average Bonchev–Trinajstić information content (AvgIpc) is 2.86. The van der Waals surface area contributed by atoms with E-state index in [-0.39, 0.29) is 12.1 Å². The number of pyridine rings is 1. The Labute approximate surface area is 125 Å². The first-order chi connectivity index (χ1) is 10.2. The van der Waals surface area contributed by atoms with Crippen molar-refractivity contribution in [3.63, 3.8) is 0 Å². The fourth-order valence-corrected chi connectivity index (χ4v) is 2.79. The molecule has 3 rings (SSSR count). The molecule has 3 heteroatoms. The first-order valence-electron chi connectivity index (χ1n) is 7.31. The summed E-state index contributed by atoms with van der Waals surface area (Å²) in [5.74, 6) is 1.01. The third-order valence-electron chi connectivity index (χ3n) is 3.96. The molecule has 1 aromatic carbocycles. The summed E-state index contributed by atoms with van der Waals surface area (Å²) in [5.41, 5.74) is 3.34. The zero-order valence-electron chi connectivity index (χ0n) is 12.6. The third kappa shape index (κ3) is 2.69. The van der Waals surface area contributed by atoms with Crippen LogP contribution in [0.3, 0.4) is 0 Å². The molecule has 0 aliphatic carbocycles. The fourth-order valence-electron chi connectivity index (χ4n) is 2.79. The van der Waals surface area contributed by atoms with E-state index in [1.54, 1.807) is 6.20 Å². The number of nitrogens with zero attached hydrogens (tertiary/aromatic N) is 1. The van der Waals surface area contributed by atoms with Crippen LogP contribution in [0.1, 0.15) is 42.8 Å². The number of aryl methyl sites for hydroxylation is 1. The highest BCUT2D eigenvalue weighted by Crippen LogP contribution is 2.30. The van der Waals surface area contributed by atoms with E-state index in [9.17, 15) is 0 Å². The van der Waals surface area contributed by atoms with Gasteiger partial charge in [-0.2, -0.15) is 0 Å². The number of benzene rings is 1. The lowest BCUT2D eigenvalue weighted by atomic mass is 10.1. The summed E-state index contributed by atoms with van der Waals surface area (Å²) in [6.07, 6.45) is 3.69. The van der Waals surface area contributed by atoms with Crippen LogP contribution in [0.15, 0.2) is 53.2 Å². The minimum atomic E-state index is 0.146. The molecule has 0 saturated heterocycles. The molecule has 1 N–H and O–H groups in total. The highest BCUT2D eigenvalue weighted by atomic mass is 16.3. The van der Waals surface area contributed by atoms with E-state index in [2.05, 4.69) is 43.2 Å². The maximum absolute atomic E-state index is 6.02. The van der Waals surface area contributed by atoms with E-state index < -0.39 is 0 Å². The van der Waals surface area contributed by atoms with Crippen molar-refractivity contribution >= 4 is 11.0 Å². The minimum absolute atomic E-state index is 0.146. The van der Waals surface area contributed by atoms with E-state index in [4.69, 9.17) is 4.42 Å². The number of para-hydroxylation sites is 1. The summed E-state index contributed by atoms with van der Waals surface area (Å²) < 4.78 is 6.02. The summed E-state index contributed by atoms with van der Waals surface area (Å²) in [4.78, 5) is 4.17. The zero-order valence-corrected chi connectivity index (χ0v) is 12.6. The molecule has 1 unspecified atom stereocenters. The number of hydrogen-bond acceptors (Lipinski definition) is 3. The first-order valence-corrected chi connectivity index (χ1v) is 7.31. The minimum Gasteiger partial charge on any atom is -0.459 e. The van der Waals surface area contributed by atoms with Gasteiger partial charge in [-0.25, -0.2) is 0 Å². The van der Waals surface area contributed by atoms with Crippen molar-refractivity contribution in [1.82, 2.24) is 10.3 Å². The first kappa shape index (κ1) is 13.8. The number of aromatic nitrogens is 1. The number of rotatable bonds is 4. The van der Waals surface area contributed by atoms with Gasteiger partial charge in [0, 0.05) is 23.8 Å². The number of nitrogens with one attached hydrogen (secondary N) is 1. The van der Waals surface area contributed by atoms with Gasteiger partial charge in [0.15, 0.2) is 0 Å². The summed E-state index contributed by atoms with van der Waals surface area (Å²) in [7, 11) is 0. The van der Waals surface area contributed by atoms with Crippen LogP contribution in [0.5, 0.6) is 0 Å². The molecule has 3 aromatic rings. The predicted molar refractivity (Wildman–Crippen MR) is 85.2 cm³/mol. The summed E-state index contributed by atoms with van der Waals surface area (Å²) in [6, 6.07) is 12.6. The molecule has 2 aromatic heterocycles. The second kappa shape index (κ2) is 5.70. The van der Waals surface area contributed by atoms with Crippen molar-refractivity contribution in [2.75, 3.05) is 0 Å². The topological polar surface area (TPSA) is 38.1 Å². The lowest BCUT2D eigenvalue weighted by molar-refractivity contribution is 0.414. The molecular formula is C18H20N2O. The Kier molecular flexibility index (Phi) is 3.76. The molecule has 2 heterocycles. The summed E-state index contributed by atoms with van der Waals surface area (Å²) in [6.45, 7) is 6.40. The standard InChI is InChI=1S/C18H20N2O/c1-12-16-8-4-5-9-17(16)21-18(12)14(3)20-13(2)15-7-6-10-19-11-15/h4-11,13-14,20H,1-3H3/t13-,14?/m1/s1. The third-order valence-corrected chi connectivity index (χ3v) is 3.96. The van der Waals surface area contributed by atoms with Crippen LogP contribution in [0.2, 0.25) is 0 Å². The quantitative estimate of drug-likeness (QED) is 0.762. The van der Waals surface area contributed by atoms with E-state index in [1.807, 2.05) is 30.5 Å². The molecule has 0 aliphatic heterocycles. The van der Waals surface area contributed by atoms with Crippen molar-refractivity contribution < 1.29 is 4.42 Å². The van der Waals surface area contributed by atoms with Crippen molar-refractivity contribution in [2.45, 2.75) is 32.9 Å². The van der Waals surface area contributed by atoms with Gasteiger partial charge in [-0.15, -0.1) is 0 Å².